The molecule has 2 N–H and O–H groups in total. The molecule has 1 saturated carbocycles. The quantitative estimate of drug-likeness (QED) is 0.257. The van der Waals surface area contributed by atoms with Gasteiger partial charge >= 0.3 is 0 Å². The number of halogens is 1. The van der Waals surface area contributed by atoms with Gasteiger partial charge in [-0.2, -0.15) is 0 Å². The molecule has 27 heavy (non-hydrogen) atoms. The highest BCUT2D eigenvalue weighted by molar-refractivity contribution is 14.0. The normalized spacial score (nSPS) is 19.7. The first-order valence-corrected chi connectivity index (χ1v) is 10.2. The third-order valence-corrected chi connectivity index (χ3v) is 5.63. The Morgan fingerprint density at radius 2 is 1.89 bits per heavy atom. The zero-order valence-electron chi connectivity index (χ0n) is 16.6. The molecule has 1 heterocycles. The average molecular weight is 486 g/mol. The second-order valence-electron chi connectivity index (χ2n) is 7.43. The fourth-order valence-electron chi connectivity index (χ4n) is 3.84. The smallest absolute Gasteiger partial charge is 0.191 e. The van der Waals surface area contributed by atoms with E-state index in [1.165, 1.54) is 24.8 Å². The van der Waals surface area contributed by atoms with E-state index in [-0.39, 0.29) is 29.4 Å². The fraction of sp³-hybridized carbons (Fsp3) is 0.667. The van der Waals surface area contributed by atoms with Crippen LogP contribution in [0.3, 0.4) is 0 Å². The lowest BCUT2D eigenvalue weighted by atomic mass is 9.64. The van der Waals surface area contributed by atoms with Crippen molar-refractivity contribution in [2.24, 2.45) is 4.99 Å². The number of rotatable bonds is 8. The molecule has 2 aliphatic rings. The zero-order valence-corrected chi connectivity index (χ0v) is 18.9. The van der Waals surface area contributed by atoms with Crippen LogP contribution in [-0.2, 0) is 10.2 Å². The monoisotopic (exact) mass is 486 g/mol. The summed E-state index contributed by atoms with van der Waals surface area (Å²) in [7, 11) is 0. The van der Waals surface area contributed by atoms with Gasteiger partial charge in [-0.1, -0.05) is 36.8 Å². The topological polar surface area (TPSA) is 48.9 Å². The maximum absolute atomic E-state index is 5.41. The van der Waals surface area contributed by atoms with Crippen LogP contribution in [0.25, 0.3) is 0 Å². The van der Waals surface area contributed by atoms with E-state index in [0.717, 1.165) is 64.9 Å². The van der Waals surface area contributed by atoms with Gasteiger partial charge in [0.1, 0.15) is 0 Å². The summed E-state index contributed by atoms with van der Waals surface area (Å²) < 4.78 is 5.41. The number of ether oxygens (including phenoxy) is 1. The third-order valence-electron chi connectivity index (χ3n) is 5.63. The molecule has 1 aromatic rings. The average Bonchev–Trinajstić information content (AvgIpc) is 2.66. The van der Waals surface area contributed by atoms with Crippen LogP contribution >= 0.6 is 24.0 Å². The van der Waals surface area contributed by atoms with E-state index in [1.54, 1.807) is 0 Å². The second-order valence-corrected chi connectivity index (χ2v) is 7.43. The first-order valence-electron chi connectivity index (χ1n) is 10.2. The van der Waals surface area contributed by atoms with Gasteiger partial charge in [0.05, 0.1) is 19.8 Å². The van der Waals surface area contributed by atoms with Gasteiger partial charge in [0.25, 0.3) is 0 Å². The van der Waals surface area contributed by atoms with E-state index >= 15 is 0 Å². The molecule has 0 radical (unpaired) electrons. The number of nitrogens with zero attached hydrogens (tertiary/aromatic N) is 2. The van der Waals surface area contributed by atoms with Crippen LogP contribution in [0.15, 0.2) is 35.3 Å². The van der Waals surface area contributed by atoms with E-state index in [9.17, 15) is 0 Å². The van der Waals surface area contributed by atoms with E-state index in [4.69, 9.17) is 9.73 Å². The van der Waals surface area contributed by atoms with Crippen LogP contribution in [-0.4, -0.2) is 63.3 Å². The molecule has 1 aliphatic carbocycles. The molecule has 1 aromatic carbocycles. The summed E-state index contributed by atoms with van der Waals surface area (Å²) in [6, 6.07) is 10.9. The first kappa shape index (κ1) is 22.4. The number of nitrogens with one attached hydrogen (secondary N) is 2. The van der Waals surface area contributed by atoms with E-state index in [1.807, 2.05) is 0 Å². The van der Waals surface area contributed by atoms with Crippen LogP contribution in [0.4, 0.5) is 0 Å². The molecular weight excluding hydrogens is 451 g/mol. The van der Waals surface area contributed by atoms with Gasteiger partial charge in [-0.25, -0.2) is 0 Å². The number of benzene rings is 1. The lowest BCUT2D eigenvalue weighted by Gasteiger charge is -2.41. The lowest BCUT2D eigenvalue weighted by Crippen LogP contribution is -2.43. The molecule has 0 bridgehead atoms. The van der Waals surface area contributed by atoms with E-state index in [0.29, 0.717) is 0 Å². The molecule has 2 fully saturated rings. The highest BCUT2D eigenvalue weighted by Crippen LogP contribution is 2.43. The highest BCUT2D eigenvalue weighted by atomic mass is 127. The van der Waals surface area contributed by atoms with Crippen molar-refractivity contribution in [2.45, 2.75) is 38.0 Å². The Bertz CT molecular complexity index is 557. The van der Waals surface area contributed by atoms with Crippen molar-refractivity contribution >= 4 is 29.9 Å². The highest BCUT2D eigenvalue weighted by Gasteiger charge is 2.38. The summed E-state index contributed by atoms with van der Waals surface area (Å²) >= 11 is 0. The molecule has 6 heteroatoms. The molecular formula is C21H35IN4O. The van der Waals surface area contributed by atoms with Crippen molar-refractivity contribution < 1.29 is 4.74 Å². The number of morpholine rings is 1. The maximum Gasteiger partial charge on any atom is 0.191 e. The largest absolute Gasteiger partial charge is 0.379 e. The Balaban J connectivity index is 0.00000261. The molecule has 1 saturated heterocycles. The van der Waals surface area contributed by atoms with Crippen LogP contribution in [0.2, 0.25) is 0 Å². The Hall–Kier alpha value is -0.860. The molecule has 0 amide bonds. The summed E-state index contributed by atoms with van der Waals surface area (Å²) in [4.78, 5) is 7.41. The Morgan fingerprint density at radius 1 is 1.15 bits per heavy atom. The molecule has 0 unspecified atom stereocenters. The summed E-state index contributed by atoms with van der Waals surface area (Å²) in [5.74, 6) is 0.955. The van der Waals surface area contributed by atoms with Gasteiger partial charge in [0, 0.05) is 31.6 Å². The molecule has 1 aliphatic heterocycles. The number of hydrogen-bond acceptors (Lipinski definition) is 3. The van der Waals surface area contributed by atoms with Gasteiger partial charge in [-0.3, -0.25) is 9.89 Å². The standard InChI is InChI=1S/C21H34N4O.HI/c1-2-22-20(23-12-7-13-25-14-16-26-17-15-25)24-18-21(10-6-11-21)19-8-4-3-5-9-19;/h3-5,8-9H,2,6-7,10-18H2,1H3,(H2,22,23,24);1H. The van der Waals surface area contributed by atoms with E-state index in [2.05, 4.69) is 52.8 Å². The van der Waals surface area contributed by atoms with Crippen molar-refractivity contribution in [3.05, 3.63) is 35.9 Å². The minimum absolute atomic E-state index is 0. The summed E-state index contributed by atoms with van der Waals surface area (Å²) in [6.07, 6.45) is 4.94. The van der Waals surface area contributed by atoms with Crippen LogP contribution in [0, 0.1) is 0 Å². The van der Waals surface area contributed by atoms with Crippen LogP contribution in [0.5, 0.6) is 0 Å². The summed E-state index contributed by atoms with van der Waals surface area (Å²) in [5, 5.41) is 6.91. The predicted molar refractivity (Wildman–Crippen MR) is 123 cm³/mol. The van der Waals surface area contributed by atoms with E-state index < -0.39 is 0 Å². The molecule has 152 valence electrons. The fourth-order valence-corrected chi connectivity index (χ4v) is 3.84. The van der Waals surface area contributed by atoms with Gasteiger partial charge in [-0.15, -0.1) is 24.0 Å². The van der Waals surface area contributed by atoms with Gasteiger partial charge in [-0.05, 0) is 38.3 Å². The van der Waals surface area contributed by atoms with Crippen molar-refractivity contribution in [3.8, 4) is 0 Å². The Labute approximate surface area is 181 Å². The third kappa shape index (κ3) is 6.61. The van der Waals surface area contributed by atoms with Crippen molar-refractivity contribution in [1.29, 1.82) is 0 Å². The molecule has 0 aromatic heterocycles. The molecule has 5 nitrogen and oxygen atoms in total. The molecule has 0 atom stereocenters. The maximum atomic E-state index is 5.41. The Kier molecular flexibility index (Phi) is 9.86. The van der Waals surface area contributed by atoms with Crippen molar-refractivity contribution in [3.63, 3.8) is 0 Å². The van der Waals surface area contributed by atoms with Gasteiger partial charge in [0.15, 0.2) is 5.96 Å². The zero-order chi connectivity index (χ0) is 18.1. The molecule has 0 spiro atoms. The second kappa shape index (κ2) is 11.9. The number of guanidine groups is 1. The van der Waals surface area contributed by atoms with Gasteiger partial charge in [0.2, 0.25) is 0 Å². The predicted octanol–water partition coefficient (Wildman–Crippen LogP) is 3.00. The van der Waals surface area contributed by atoms with Crippen LogP contribution < -0.4 is 10.6 Å². The van der Waals surface area contributed by atoms with Crippen molar-refractivity contribution in [1.82, 2.24) is 15.5 Å². The minimum atomic E-state index is 0. The van der Waals surface area contributed by atoms with Crippen LogP contribution in [0.1, 0.15) is 38.2 Å². The molecule has 3 rings (SSSR count). The lowest BCUT2D eigenvalue weighted by molar-refractivity contribution is 0.0376. The van der Waals surface area contributed by atoms with Crippen molar-refractivity contribution in [2.75, 3.05) is 52.5 Å². The number of hydrogen-bond donors (Lipinski definition) is 2. The minimum Gasteiger partial charge on any atom is -0.379 e. The van der Waals surface area contributed by atoms with Gasteiger partial charge < -0.3 is 15.4 Å². The summed E-state index contributed by atoms with van der Waals surface area (Å²) in [5.41, 5.74) is 1.69. The SMILES string of the molecule is CCNC(=NCC1(c2ccccc2)CCC1)NCCCN1CCOCC1.I. The first-order chi connectivity index (χ1) is 12.8. The summed E-state index contributed by atoms with van der Waals surface area (Å²) in [6.45, 7) is 9.86. The Morgan fingerprint density at radius 3 is 2.52 bits per heavy atom. The number of aliphatic imine (C=N–C) groups is 1.